The van der Waals surface area contributed by atoms with Gasteiger partial charge >= 0.3 is 5.70 Å². The molecule has 0 spiro atoms. The van der Waals surface area contributed by atoms with Gasteiger partial charge in [0.05, 0.1) is 4.92 Å². The molecule has 3 rings (SSSR count). The predicted molar refractivity (Wildman–Crippen MR) is 94.3 cm³/mol. The Labute approximate surface area is 149 Å². The molecule has 0 bridgehead atoms. The average Bonchev–Trinajstić information content (AvgIpc) is 2.86. The standard InChI is InChI=1S/C18H16ClN3O3/c19-14-8-6-12(7-9-14)10-11-21-17(20)16(22(24)25)15(18(21)23)13-4-2-1-3-5-13/h1-9,15H,10-11,20H2. The molecule has 0 aliphatic carbocycles. The molecule has 7 heteroatoms. The van der Waals surface area contributed by atoms with Gasteiger partial charge in [-0.3, -0.25) is 19.8 Å². The van der Waals surface area contributed by atoms with Crippen molar-refractivity contribution >= 4 is 17.5 Å². The molecule has 0 aromatic heterocycles. The zero-order valence-corrected chi connectivity index (χ0v) is 14.0. The van der Waals surface area contributed by atoms with E-state index in [1.165, 1.54) is 4.90 Å². The van der Waals surface area contributed by atoms with Crippen LogP contribution in [0, 0.1) is 10.1 Å². The van der Waals surface area contributed by atoms with Crippen LogP contribution in [0.15, 0.2) is 66.1 Å². The molecule has 0 fully saturated rings. The number of carbonyl (C=O) groups excluding carboxylic acids is 1. The molecule has 2 aromatic carbocycles. The van der Waals surface area contributed by atoms with Gasteiger partial charge in [-0.1, -0.05) is 54.1 Å². The summed E-state index contributed by atoms with van der Waals surface area (Å²) in [5, 5.41) is 12.1. The first kappa shape index (κ1) is 17.0. The first-order valence-electron chi connectivity index (χ1n) is 7.74. The third-order valence-electron chi connectivity index (χ3n) is 4.21. The summed E-state index contributed by atoms with van der Waals surface area (Å²) in [6.07, 6.45) is 0.524. The number of benzene rings is 2. The Morgan fingerprint density at radius 3 is 2.36 bits per heavy atom. The predicted octanol–water partition coefficient (Wildman–Crippen LogP) is 2.91. The second kappa shape index (κ2) is 6.94. The van der Waals surface area contributed by atoms with Gasteiger partial charge in [-0.15, -0.1) is 0 Å². The second-order valence-electron chi connectivity index (χ2n) is 5.74. The lowest BCUT2D eigenvalue weighted by atomic mass is 9.97. The van der Waals surface area contributed by atoms with Gasteiger partial charge in [-0.2, -0.15) is 0 Å². The van der Waals surface area contributed by atoms with E-state index in [9.17, 15) is 14.9 Å². The van der Waals surface area contributed by atoms with Crippen molar-refractivity contribution in [3.05, 3.63) is 92.4 Å². The maximum Gasteiger partial charge on any atom is 0.302 e. The molecule has 0 radical (unpaired) electrons. The lowest BCUT2D eigenvalue weighted by Gasteiger charge is -2.17. The van der Waals surface area contributed by atoms with Crippen LogP contribution in [0.3, 0.4) is 0 Å². The van der Waals surface area contributed by atoms with Crippen molar-refractivity contribution in [1.82, 2.24) is 4.90 Å². The third kappa shape index (κ3) is 3.34. The molecule has 128 valence electrons. The summed E-state index contributed by atoms with van der Waals surface area (Å²) in [4.78, 5) is 25.0. The Morgan fingerprint density at radius 2 is 1.76 bits per heavy atom. The van der Waals surface area contributed by atoms with Crippen molar-refractivity contribution in [1.29, 1.82) is 0 Å². The Kier molecular flexibility index (Phi) is 4.72. The molecule has 2 N–H and O–H groups in total. The quantitative estimate of drug-likeness (QED) is 0.658. The third-order valence-corrected chi connectivity index (χ3v) is 4.46. The number of hydrogen-bond acceptors (Lipinski definition) is 4. The summed E-state index contributed by atoms with van der Waals surface area (Å²) < 4.78 is 0. The Morgan fingerprint density at radius 1 is 1.12 bits per heavy atom. The summed E-state index contributed by atoms with van der Waals surface area (Å²) in [7, 11) is 0. The fourth-order valence-electron chi connectivity index (χ4n) is 2.95. The van der Waals surface area contributed by atoms with Crippen LogP contribution in [0.1, 0.15) is 17.0 Å². The summed E-state index contributed by atoms with van der Waals surface area (Å²) in [5.74, 6) is -1.43. The van der Waals surface area contributed by atoms with Crippen LogP contribution in [0.25, 0.3) is 0 Å². The lowest BCUT2D eigenvalue weighted by molar-refractivity contribution is -0.429. The highest BCUT2D eigenvalue weighted by Crippen LogP contribution is 2.35. The van der Waals surface area contributed by atoms with E-state index < -0.39 is 10.8 Å². The molecule has 6 nitrogen and oxygen atoms in total. The van der Waals surface area contributed by atoms with Crippen LogP contribution < -0.4 is 5.73 Å². The van der Waals surface area contributed by atoms with E-state index in [2.05, 4.69) is 0 Å². The van der Waals surface area contributed by atoms with Crippen molar-refractivity contribution < 1.29 is 9.72 Å². The van der Waals surface area contributed by atoms with Gasteiger partial charge in [-0.25, -0.2) is 0 Å². The molecule has 1 amide bonds. The van der Waals surface area contributed by atoms with Crippen molar-refractivity contribution in [3.63, 3.8) is 0 Å². The van der Waals surface area contributed by atoms with Crippen molar-refractivity contribution in [3.8, 4) is 0 Å². The van der Waals surface area contributed by atoms with Gasteiger partial charge in [0.2, 0.25) is 5.91 Å². The zero-order chi connectivity index (χ0) is 18.0. The van der Waals surface area contributed by atoms with E-state index >= 15 is 0 Å². The second-order valence-corrected chi connectivity index (χ2v) is 6.17. The van der Waals surface area contributed by atoms with Crippen molar-refractivity contribution in [2.24, 2.45) is 5.73 Å². The number of amides is 1. The largest absolute Gasteiger partial charge is 0.380 e. The van der Waals surface area contributed by atoms with Gasteiger partial charge in [0.15, 0.2) is 11.7 Å². The highest BCUT2D eigenvalue weighted by atomic mass is 35.5. The fourth-order valence-corrected chi connectivity index (χ4v) is 3.07. The highest BCUT2D eigenvalue weighted by Gasteiger charge is 2.46. The SMILES string of the molecule is NC1=C([N+](=O)[O-])C(c2ccccc2)C(=O)N1CCc1ccc(Cl)cc1. The van der Waals surface area contributed by atoms with Crippen molar-refractivity contribution in [2.75, 3.05) is 6.54 Å². The number of nitrogens with zero attached hydrogens (tertiary/aromatic N) is 2. The Balaban J connectivity index is 1.86. The van der Waals surface area contributed by atoms with Crippen LogP contribution in [0.2, 0.25) is 5.02 Å². The highest BCUT2D eigenvalue weighted by molar-refractivity contribution is 6.30. The van der Waals surface area contributed by atoms with E-state index in [4.69, 9.17) is 17.3 Å². The van der Waals surface area contributed by atoms with Gasteiger partial charge in [-0.05, 0) is 29.7 Å². The minimum atomic E-state index is -0.971. The minimum absolute atomic E-state index is 0.0854. The molecule has 25 heavy (non-hydrogen) atoms. The molecule has 2 aromatic rings. The van der Waals surface area contributed by atoms with Crippen LogP contribution in [-0.2, 0) is 11.2 Å². The summed E-state index contributed by atoms with van der Waals surface area (Å²) in [6.45, 7) is 0.271. The molecule has 1 heterocycles. The van der Waals surface area contributed by atoms with Crippen LogP contribution in [0.5, 0.6) is 0 Å². The number of nitro groups is 1. The van der Waals surface area contributed by atoms with Crippen LogP contribution >= 0.6 is 11.6 Å². The lowest BCUT2D eigenvalue weighted by Crippen LogP contribution is -2.32. The van der Waals surface area contributed by atoms with Crippen LogP contribution in [-0.4, -0.2) is 22.3 Å². The molecular formula is C18H16ClN3O3. The van der Waals surface area contributed by atoms with E-state index in [0.717, 1.165) is 5.56 Å². The van der Waals surface area contributed by atoms with Gasteiger partial charge in [0.1, 0.15) is 0 Å². The number of carbonyl (C=O) groups is 1. The van der Waals surface area contributed by atoms with Gasteiger partial charge in [0.25, 0.3) is 0 Å². The summed E-state index contributed by atoms with van der Waals surface area (Å²) in [5.41, 5.74) is 7.23. The molecule has 1 aliphatic heterocycles. The average molecular weight is 358 g/mol. The fraction of sp³-hybridized carbons (Fsp3) is 0.167. The molecule has 0 saturated carbocycles. The molecule has 1 atom stereocenters. The number of halogens is 1. The molecule has 1 aliphatic rings. The number of rotatable bonds is 5. The maximum atomic E-state index is 12.8. The Hall–Kier alpha value is -2.86. The topological polar surface area (TPSA) is 89.5 Å². The molecule has 0 saturated heterocycles. The first-order valence-corrected chi connectivity index (χ1v) is 8.11. The Bertz CT molecular complexity index is 834. The van der Waals surface area contributed by atoms with E-state index in [-0.39, 0.29) is 24.0 Å². The molecular weight excluding hydrogens is 342 g/mol. The first-order chi connectivity index (χ1) is 12.0. The van der Waals surface area contributed by atoms with Gasteiger partial charge in [0, 0.05) is 11.6 Å². The van der Waals surface area contributed by atoms with Gasteiger partial charge < -0.3 is 5.73 Å². The summed E-state index contributed by atoms with van der Waals surface area (Å²) >= 11 is 5.86. The van der Waals surface area contributed by atoms with E-state index in [1.807, 2.05) is 12.1 Å². The van der Waals surface area contributed by atoms with E-state index in [0.29, 0.717) is 17.0 Å². The number of nitrogens with two attached hydrogens (primary N) is 1. The number of hydrogen-bond donors (Lipinski definition) is 1. The molecule has 1 unspecified atom stereocenters. The van der Waals surface area contributed by atoms with E-state index in [1.54, 1.807) is 42.5 Å². The van der Waals surface area contributed by atoms with Crippen molar-refractivity contribution in [2.45, 2.75) is 12.3 Å². The smallest absolute Gasteiger partial charge is 0.302 e. The maximum absolute atomic E-state index is 12.8. The minimum Gasteiger partial charge on any atom is -0.380 e. The summed E-state index contributed by atoms with van der Waals surface area (Å²) in [6, 6.07) is 15.9. The monoisotopic (exact) mass is 357 g/mol. The van der Waals surface area contributed by atoms with Crippen LogP contribution in [0.4, 0.5) is 0 Å². The zero-order valence-electron chi connectivity index (χ0n) is 13.3. The normalized spacial score (nSPS) is 17.2.